The van der Waals surface area contributed by atoms with Crippen LogP contribution in [0.5, 0.6) is 0 Å². The Morgan fingerprint density at radius 2 is 1.31 bits per heavy atom. The van der Waals surface area contributed by atoms with Crippen LogP contribution >= 0.6 is 7.92 Å². The average Bonchev–Trinajstić information content (AvgIpc) is 3.06. The molecule has 1 aliphatic rings. The maximum absolute atomic E-state index is 6.43. The first kappa shape index (κ1) is 19.9. The van der Waals surface area contributed by atoms with Crippen molar-refractivity contribution in [3.8, 4) is 0 Å². The van der Waals surface area contributed by atoms with Crippen LogP contribution in [-0.2, 0) is 4.74 Å². The van der Waals surface area contributed by atoms with Crippen molar-refractivity contribution in [1.82, 2.24) is 0 Å². The van der Waals surface area contributed by atoms with E-state index in [4.69, 9.17) is 9.73 Å². The smallest absolute Gasteiger partial charge is 0.217 e. The van der Waals surface area contributed by atoms with E-state index < -0.39 is 7.92 Å². The summed E-state index contributed by atoms with van der Waals surface area (Å²) in [6.07, 6.45) is 0. The molecule has 3 heteroatoms. The Morgan fingerprint density at radius 1 is 0.793 bits per heavy atom. The summed E-state index contributed by atoms with van der Waals surface area (Å²) in [4.78, 5) is 5.05. The molecule has 0 amide bonds. The second kappa shape index (κ2) is 8.13. The van der Waals surface area contributed by atoms with Gasteiger partial charge in [0.15, 0.2) is 0 Å². The van der Waals surface area contributed by atoms with Gasteiger partial charge in [-0.15, -0.1) is 0 Å². The van der Waals surface area contributed by atoms with Gasteiger partial charge in [0.1, 0.15) is 5.60 Å². The molecule has 0 N–H and O–H groups in total. The fourth-order valence-electron chi connectivity index (χ4n) is 4.12. The third-order valence-corrected chi connectivity index (χ3v) is 7.86. The quantitative estimate of drug-likeness (QED) is 0.550. The molecule has 0 unspecified atom stereocenters. The summed E-state index contributed by atoms with van der Waals surface area (Å²) in [7, 11) is -0.704. The van der Waals surface area contributed by atoms with Crippen LogP contribution in [0.1, 0.15) is 33.3 Å². The van der Waals surface area contributed by atoms with Gasteiger partial charge in [0.05, 0.1) is 6.04 Å². The van der Waals surface area contributed by atoms with Crippen LogP contribution in [0.2, 0.25) is 0 Å². The summed E-state index contributed by atoms with van der Waals surface area (Å²) in [5.74, 6) is 1.21. The molecule has 1 aliphatic heterocycles. The molecule has 0 spiro atoms. The third-order valence-electron chi connectivity index (χ3n) is 5.36. The highest BCUT2D eigenvalue weighted by Crippen LogP contribution is 2.37. The maximum Gasteiger partial charge on any atom is 0.217 e. The van der Waals surface area contributed by atoms with E-state index in [1.165, 1.54) is 15.9 Å². The molecule has 0 saturated heterocycles. The lowest BCUT2D eigenvalue weighted by Crippen LogP contribution is -2.37. The largest absolute Gasteiger partial charge is 0.469 e. The number of benzene rings is 3. The molecular weight excluding hydrogens is 373 g/mol. The molecule has 3 aromatic carbocycles. The molecule has 0 fully saturated rings. The molecule has 0 aromatic heterocycles. The number of rotatable bonds is 5. The second-order valence-electron chi connectivity index (χ2n) is 8.35. The zero-order valence-corrected chi connectivity index (χ0v) is 18.4. The van der Waals surface area contributed by atoms with Crippen molar-refractivity contribution in [1.29, 1.82) is 0 Å². The van der Waals surface area contributed by atoms with Crippen molar-refractivity contribution in [2.45, 2.75) is 39.3 Å². The number of aliphatic imine (C=N–C) groups is 1. The van der Waals surface area contributed by atoms with Gasteiger partial charge in [0.25, 0.3) is 0 Å². The van der Waals surface area contributed by atoms with Gasteiger partial charge in [0.2, 0.25) is 5.90 Å². The van der Waals surface area contributed by atoms with Crippen molar-refractivity contribution in [3.05, 3.63) is 90.5 Å². The van der Waals surface area contributed by atoms with Gasteiger partial charge in [-0.3, -0.25) is 0 Å². The Balaban J connectivity index is 1.86. The molecule has 2 nitrogen and oxygen atoms in total. The van der Waals surface area contributed by atoms with Crippen LogP contribution in [0.3, 0.4) is 0 Å². The minimum Gasteiger partial charge on any atom is -0.469 e. The average molecular weight is 401 g/mol. The van der Waals surface area contributed by atoms with E-state index in [0.717, 1.165) is 11.5 Å². The van der Waals surface area contributed by atoms with Gasteiger partial charge in [-0.25, -0.2) is 4.99 Å². The van der Waals surface area contributed by atoms with Crippen molar-refractivity contribution in [3.63, 3.8) is 0 Å². The predicted octanol–water partition coefficient (Wildman–Crippen LogP) is 5.02. The van der Waals surface area contributed by atoms with Gasteiger partial charge >= 0.3 is 0 Å². The summed E-state index contributed by atoms with van der Waals surface area (Å²) < 4.78 is 6.43. The summed E-state index contributed by atoms with van der Waals surface area (Å²) in [6, 6.07) is 30.3. The van der Waals surface area contributed by atoms with E-state index in [9.17, 15) is 0 Å². The molecule has 0 saturated carbocycles. The predicted molar refractivity (Wildman–Crippen MR) is 125 cm³/mol. The van der Waals surface area contributed by atoms with Gasteiger partial charge < -0.3 is 4.74 Å². The normalized spacial score (nSPS) is 18.0. The van der Waals surface area contributed by atoms with Crippen LogP contribution in [0, 0.1) is 5.92 Å². The van der Waals surface area contributed by atoms with Crippen molar-refractivity contribution in [2.75, 3.05) is 0 Å². The van der Waals surface area contributed by atoms with Gasteiger partial charge in [-0.1, -0.05) is 92.7 Å². The highest BCUT2D eigenvalue weighted by atomic mass is 31.1. The van der Waals surface area contributed by atoms with Gasteiger partial charge in [0, 0.05) is 5.56 Å². The standard InChI is InChI=1S/C26H28NOP/c1-19(2)24-26(3,4)28-25(27-24)22-17-11-12-18-23(22)29(20-13-7-5-8-14-20)21-15-9-6-10-16-21/h5-19,24H,1-4H3/t24-/m1/s1. The van der Waals surface area contributed by atoms with E-state index in [1.807, 2.05) is 0 Å². The molecule has 3 aromatic rings. The minimum atomic E-state index is -0.704. The summed E-state index contributed by atoms with van der Waals surface area (Å²) in [5, 5.41) is 3.96. The first-order chi connectivity index (χ1) is 14.0. The van der Waals surface area contributed by atoms with Crippen LogP contribution < -0.4 is 15.9 Å². The zero-order chi connectivity index (χ0) is 20.4. The van der Waals surface area contributed by atoms with Crippen LogP contribution in [0.4, 0.5) is 0 Å². The molecule has 1 atom stereocenters. The topological polar surface area (TPSA) is 21.6 Å². The Labute approximate surface area is 175 Å². The molecule has 4 rings (SSSR count). The Bertz CT molecular complexity index is 956. The summed E-state index contributed by atoms with van der Waals surface area (Å²) in [6.45, 7) is 8.73. The second-order valence-corrected chi connectivity index (χ2v) is 10.5. The van der Waals surface area contributed by atoms with Crippen molar-refractivity contribution >= 4 is 29.7 Å². The molecule has 1 heterocycles. The summed E-state index contributed by atoms with van der Waals surface area (Å²) >= 11 is 0. The first-order valence-corrected chi connectivity index (χ1v) is 11.6. The highest BCUT2D eigenvalue weighted by molar-refractivity contribution is 7.80. The van der Waals surface area contributed by atoms with E-state index in [-0.39, 0.29) is 11.6 Å². The molecule has 148 valence electrons. The third kappa shape index (κ3) is 4.00. The lowest BCUT2D eigenvalue weighted by atomic mass is 9.90. The van der Waals surface area contributed by atoms with Gasteiger partial charge in [-0.05, 0) is 49.7 Å². The fraction of sp³-hybridized carbons (Fsp3) is 0.269. The first-order valence-electron chi connectivity index (χ1n) is 10.2. The van der Waals surface area contributed by atoms with Crippen molar-refractivity contribution in [2.24, 2.45) is 10.9 Å². The van der Waals surface area contributed by atoms with Crippen LogP contribution in [0.25, 0.3) is 0 Å². The molecule has 0 bridgehead atoms. The molecular formula is C26H28NOP. The highest BCUT2D eigenvalue weighted by Gasteiger charge is 2.41. The van der Waals surface area contributed by atoms with Crippen LogP contribution in [0.15, 0.2) is 89.9 Å². The molecule has 29 heavy (non-hydrogen) atoms. The maximum atomic E-state index is 6.43. The van der Waals surface area contributed by atoms with Crippen molar-refractivity contribution < 1.29 is 4.74 Å². The monoisotopic (exact) mass is 401 g/mol. The SMILES string of the molecule is CC(C)[C@H]1N=C(c2ccccc2P(c2ccccc2)c2ccccc2)OC1(C)C. The van der Waals surface area contributed by atoms with Crippen LogP contribution in [-0.4, -0.2) is 17.5 Å². The lowest BCUT2D eigenvalue weighted by Gasteiger charge is -2.27. The molecule has 0 aliphatic carbocycles. The number of nitrogens with zero attached hydrogens (tertiary/aromatic N) is 1. The van der Waals surface area contributed by atoms with E-state index in [0.29, 0.717) is 5.92 Å². The Kier molecular flexibility index (Phi) is 5.56. The molecule has 0 radical (unpaired) electrons. The van der Waals surface area contributed by atoms with E-state index in [1.54, 1.807) is 0 Å². The van der Waals surface area contributed by atoms with E-state index in [2.05, 4.69) is 113 Å². The number of ether oxygens (including phenoxy) is 1. The number of hydrogen-bond acceptors (Lipinski definition) is 2. The van der Waals surface area contributed by atoms with Gasteiger partial charge in [-0.2, -0.15) is 0 Å². The van der Waals surface area contributed by atoms with E-state index >= 15 is 0 Å². The fourth-order valence-corrected chi connectivity index (χ4v) is 6.57. The zero-order valence-electron chi connectivity index (χ0n) is 17.5. The Morgan fingerprint density at radius 3 is 1.83 bits per heavy atom. The minimum absolute atomic E-state index is 0.158. The number of hydrogen-bond donors (Lipinski definition) is 0. The lowest BCUT2D eigenvalue weighted by molar-refractivity contribution is 0.0814. The Hall–Kier alpha value is -2.44. The summed E-state index contributed by atoms with van der Waals surface area (Å²) in [5.41, 5.74) is 0.821.